The summed E-state index contributed by atoms with van der Waals surface area (Å²) in [5.41, 5.74) is 0. The molecule has 1 aliphatic carbocycles. The van der Waals surface area contributed by atoms with Gasteiger partial charge in [0.25, 0.3) is 0 Å². The Morgan fingerprint density at radius 3 is 2.76 bits per heavy atom. The maximum Gasteiger partial charge on any atom is 0.0116 e. The number of nitrogens with zero attached hydrogens (tertiary/aromatic N) is 1. The van der Waals surface area contributed by atoms with Gasteiger partial charge < -0.3 is 10.2 Å². The highest BCUT2D eigenvalue weighted by atomic mass is 32.2. The van der Waals surface area contributed by atoms with Crippen LogP contribution in [0.2, 0.25) is 0 Å². The van der Waals surface area contributed by atoms with Gasteiger partial charge in [0, 0.05) is 29.6 Å². The third-order valence-corrected chi connectivity index (χ3v) is 6.61. The molecule has 1 aliphatic heterocycles. The predicted molar refractivity (Wildman–Crippen MR) is 96.3 cm³/mol. The minimum atomic E-state index is 0.484. The lowest BCUT2D eigenvalue weighted by atomic mass is 9.93. The second-order valence-corrected chi connectivity index (χ2v) is 9.42. The molecule has 1 saturated carbocycles. The molecular formula is C18H36N2S. The number of hydrogen-bond acceptors (Lipinski definition) is 3. The first-order valence-electron chi connectivity index (χ1n) is 9.20. The first kappa shape index (κ1) is 17.6. The predicted octanol–water partition coefficient (Wildman–Crippen LogP) is 4.15. The van der Waals surface area contributed by atoms with Gasteiger partial charge in [-0.2, -0.15) is 11.8 Å². The second kappa shape index (κ2) is 8.79. The highest BCUT2D eigenvalue weighted by molar-refractivity contribution is 8.00. The number of thioether (sulfide) groups is 1. The molecule has 21 heavy (non-hydrogen) atoms. The zero-order valence-corrected chi connectivity index (χ0v) is 15.3. The van der Waals surface area contributed by atoms with E-state index in [0.717, 1.165) is 12.0 Å². The summed E-state index contributed by atoms with van der Waals surface area (Å²) >= 11 is 2.17. The fourth-order valence-electron chi connectivity index (χ4n) is 3.78. The quantitative estimate of drug-likeness (QED) is 0.768. The lowest BCUT2D eigenvalue weighted by Gasteiger charge is -2.31. The van der Waals surface area contributed by atoms with Crippen LogP contribution in [0.4, 0.5) is 0 Å². The minimum absolute atomic E-state index is 0.484. The van der Waals surface area contributed by atoms with Crippen LogP contribution in [0, 0.1) is 5.92 Å². The van der Waals surface area contributed by atoms with E-state index in [1.54, 1.807) is 0 Å². The van der Waals surface area contributed by atoms with Crippen LogP contribution in [-0.4, -0.2) is 47.6 Å². The molecule has 2 nitrogen and oxygen atoms in total. The molecule has 2 fully saturated rings. The van der Waals surface area contributed by atoms with Gasteiger partial charge >= 0.3 is 0 Å². The Bertz CT molecular complexity index is 293. The SMILES string of the molecule is CCCNC1CCCCCC1CN1CCSC(C)(C)CC1. The van der Waals surface area contributed by atoms with E-state index in [1.165, 1.54) is 76.9 Å². The molecular weight excluding hydrogens is 276 g/mol. The molecule has 2 rings (SSSR count). The van der Waals surface area contributed by atoms with Crippen molar-refractivity contribution in [2.45, 2.75) is 76.5 Å². The van der Waals surface area contributed by atoms with Crippen LogP contribution in [0.1, 0.15) is 65.7 Å². The minimum Gasteiger partial charge on any atom is -0.314 e. The third kappa shape index (κ3) is 6.11. The smallest absolute Gasteiger partial charge is 0.0116 e. The van der Waals surface area contributed by atoms with Gasteiger partial charge in [-0.15, -0.1) is 0 Å². The fraction of sp³-hybridized carbons (Fsp3) is 1.00. The van der Waals surface area contributed by atoms with Gasteiger partial charge in [-0.1, -0.05) is 40.0 Å². The van der Waals surface area contributed by atoms with E-state index in [-0.39, 0.29) is 0 Å². The fourth-order valence-corrected chi connectivity index (χ4v) is 4.92. The summed E-state index contributed by atoms with van der Waals surface area (Å²) in [5, 5.41) is 3.85. The molecule has 1 N–H and O–H groups in total. The molecule has 124 valence electrons. The van der Waals surface area contributed by atoms with Crippen LogP contribution >= 0.6 is 11.8 Å². The van der Waals surface area contributed by atoms with Crippen molar-refractivity contribution in [2.24, 2.45) is 5.92 Å². The summed E-state index contributed by atoms with van der Waals surface area (Å²) in [6.45, 7) is 12.2. The van der Waals surface area contributed by atoms with Crippen molar-refractivity contribution in [1.29, 1.82) is 0 Å². The van der Waals surface area contributed by atoms with Crippen LogP contribution in [-0.2, 0) is 0 Å². The molecule has 0 bridgehead atoms. The topological polar surface area (TPSA) is 15.3 Å². The maximum atomic E-state index is 3.85. The average molecular weight is 313 g/mol. The van der Waals surface area contributed by atoms with E-state index in [0.29, 0.717) is 4.75 Å². The Morgan fingerprint density at radius 2 is 1.95 bits per heavy atom. The van der Waals surface area contributed by atoms with Crippen molar-refractivity contribution in [1.82, 2.24) is 10.2 Å². The van der Waals surface area contributed by atoms with Crippen molar-refractivity contribution in [3.63, 3.8) is 0 Å². The van der Waals surface area contributed by atoms with Gasteiger partial charge in [0.05, 0.1) is 0 Å². The largest absolute Gasteiger partial charge is 0.314 e. The Morgan fingerprint density at radius 1 is 1.14 bits per heavy atom. The molecule has 2 atom stereocenters. The van der Waals surface area contributed by atoms with E-state index in [2.05, 4.69) is 42.7 Å². The van der Waals surface area contributed by atoms with Gasteiger partial charge in [-0.25, -0.2) is 0 Å². The third-order valence-electron chi connectivity index (χ3n) is 5.24. The van der Waals surface area contributed by atoms with Crippen LogP contribution in [0.5, 0.6) is 0 Å². The molecule has 1 saturated heterocycles. The standard InChI is InChI=1S/C18H36N2S/c1-4-11-19-17-9-7-5-6-8-16(17)15-20-12-10-18(2,3)21-14-13-20/h16-17,19H,4-15H2,1-3H3. The zero-order valence-electron chi connectivity index (χ0n) is 14.5. The number of rotatable bonds is 5. The van der Waals surface area contributed by atoms with Crippen molar-refractivity contribution < 1.29 is 0 Å². The Balaban J connectivity index is 1.87. The Kier molecular flexibility index (Phi) is 7.37. The Labute approximate surface area is 136 Å². The molecule has 0 amide bonds. The highest BCUT2D eigenvalue weighted by Gasteiger charge is 2.28. The van der Waals surface area contributed by atoms with E-state index in [9.17, 15) is 0 Å². The van der Waals surface area contributed by atoms with E-state index < -0.39 is 0 Å². The first-order chi connectivity index (χ1) is 10.1. The summed E-state index contributed by atoms with van der Waals surface area (Å²) in [5.74, 6) is 2.19. The van der Waals surface area contributed by atoms with Crippen LogP contribution in [0.3, 0.4) is 0 Å². The lowest BCUT2D eigenvalue weighted by Crippen LogP contribution is -2.43. The summed E-state index contributed by atoms with van der Waals surface area (Å²) in [7, 11) is 0. The number of hydrogen-bond donors (Lipinski definition) is 1. The first-order valence-corrected chi connectivity index (χ1v) is 10.2. The maximum absolute atomic E-state index is 3.85. The van der Waals surface area contributed by atoms with Crippen molar-refractivity contribution in [2.75, 3.05) is 31.9 Å². The summed E-state index contributed by atoms with van der Waals surface area (Å²) in [4.78, 5) is 2.76. The molecule has 2 aliphatic rings. The summed E-state index contributed by atoms with van der Waals surface area (Å²) in [6, 6.07) is 0.774. The van der Waals surface area contributed by atoms with Crippen molar-refractivity contribution >= 4 is 11.8 Å². The van der Waals surface area contributed by atoms with Gasteiger partial charge in [0.15, 0.2) is 0 Å². The summed E-state index contributed by atoms with van der Waals surface area (Å²) in [6.07, 6.45) is 9.77. The highest BCUT2D eigenvalue weighted by Crippen LogP contribution is 2.32. The molecule has 1 heterocycles. The van der Waals surface area contributed by atoms with Gasteiger partial charge in [-0.05, 0) is 44.7 Å². The van der Waals surface area contributed by atoms with Crippen molar-refractivity contribution in [3.8, 4) is 0 Å². The van der Waals surface area contributed by atoms with E-state index in [4.69, 9.17) is 0 Å². The van der Waals surface area contributed by atoms with Crippen LogP contribution in [0.25, 0.3) is 0 Å². The second-order valence-electron chi connectivity index (χ2n) is 7.62. The molecule has 0 spiro atoms. The normalized spacial score (nSPS) is 31.6. The van der Waals surface area contributed by atoms with E-state index in [1.807, 2.05) is 0 Å². The average Bonchev–Trinajstić information content (AvgIpc) is 2.76. The van der Waals surface area contributed by atoms with Crippen LogP contribution in [0.15, 0.2) is 0 Å². The van der Waals surface area contributed by atoms with Gasteiger partial charge in [-0.3, -0.25) is 0 Å². The van der Waals surface area contributed by atoms with Crippen molar-refractivity contribution in [3.05, 3.63) is 0 Å². The van der Waals surface area contributed by atoms with Gasteiger partial charge in [0.2, 0.25) is 0 Å². The zero-order chi connectivity index (χ0) is 15.1. The molecule has 3 heteroatoms. The molecule has 2 unspecified atom stereocenters. The van der Waals surface area contributed by atoms with Crippen LogP contribution < -0.4 is 5.32 Å². The van der Waals surface area contributed by atoms with Gasteiger partial charge in [0.1, 0.15) is 0 Å². The molecule has 0 aromatic heterocycles. The summed E-state index contributed by atoms with van der Waals surface area (Å²) < 4.78 is 0.484. The molecule has 0 radical (unpaired) electrons. The molecule has 0 aromatic rings. The number of nitrogens with one attached hydrogen (secondary N) is 1. The Hall–Kier alpha value is 0.270. The molecule has 0 aromatic carbocycles. The monoisotopic (exact) mass is 312 g/mol. The lowest BCUT2D eigenvalue weighted by molar-refractivity contribution is 0.200. The van der Waals surface area contributed by atoms with E-state index >= 15 is 0 Å².